The van der Waals surface area contributed by atoms with Crippen molar-refractivity contribution >= 4 is 20.8 Å². The molecule has 0 radical (unpaired) electrons. The average Bonchev–Trinajstić information content (AvgIpc) is 2.54. The Bertz CT molecular complexity index is 754. The van der Waals surface area contributed by atoms with Gasteiger partial charge in [0.1, 0.15) is 0 Å². The molecular formula is C17H25N3O2S. The number of benzene rings is 1. The van der Waals surface area contributed by atoms with Crippen LogP contribution in [0.25, 0.3) is 10.8 Å². The minimum Gasteiger partial charge on any atom is -0.327 e. The summed E-state index contributed by atoms with van der Waals surface area (Å²) in [7, 11) is -3.62. The van der Waals surface area contributed by atoms with E-state index in [1.54, 1.807) is 30.6 Å². The van der Waals surface area contributed by atoms with Crippen LogP contribution in [0.4, 0.5) is 0 Å². The molecular weight excluding hydrogens is 310 g/mol. The van der Waals surface area contributed by atoms with Gasteiger partial charge in [0.2, 0.25) is 10.0 Å². The Morgan fingerprint density at radius 1 is 1.26 bits per heavy atom. The number of sulfonamides is 1. The molecule has 126 valence electrons. The topological polar surface area (TPSA) is 76.3 Å². The second kappa shape index (κ2) is 7.38. The molecule has 0 spiro atoms. The highest BCUT2D eigenvalue weighted by atomic mass is 32.2. The molecule has 2 N–H and O–H groups in total. The minimum atomic E-state index is -3.62. The maximum absolute atomic E-state index is 13.2. The summed E-state index contributed by atoms with van der Waals surface area (Å²) in [5.74, 6) is 0. The molecule has 0 aliphatic carbocycles. The summed E-state index contributed by atoms with van der Waals surface area (Å²) < 4.78 is 28.0. The average molecular weight is 335 g/mol. The van der Waals surface area contributed by atoms with Crippen molar-refractivity contribution in [3.8, 4) is 0 Å². The molecule has 2 aromatic rings. The number of hydrogen-bond donors (Lipinski definition) is 1. The Hall–Kier alpha value is -1.50. The number of unbranched alkanes of at least 4 members (excludes halogenated alkanes) is 1. The number of pyridine rings is 1. The van der Waals surface area contributed by atoms with Crippen molar-refractivity contribution < 1.29 is 8.42 Å². The number of hydrogen-bond acceptors (Lipinski definition) is 4. The first-order chi connectivity index (χ1) is 10.9. The van der Waals surface area contributed by atoms with Crippen LogP contribution in [0, 0.1) is 0 Å². The lowest BCUT2D eigenvalue weighted by Crippen LogP contribution is -2.47. The lowest BCUT2D eigenvalue weighted by molar-refractivity contribution is 0.301. The zero-order valence-corrected chi connectivity index (χ0v) is 14.8. The first-order valence-corrected chi connectivity index (χ1v) is 9.43. The van der Waals surface area contributed by atoms with Gasteiger partial charge in [-0.2, -0.15) is 4.31 Å². The highest BCUT2D eigenvalue weighted by Crippen LogP contribution is 2.27. The van der Waals surface area contributed by atoms with Crippen LogP contribution in [0.5, 0.6) is 0 Å². The third kappa shape index (κ3) is 3.71. The lowest BCUT2D eigenvalue weighted by atomic mass is 10.2. The van der Waals surface area contributed by atoms with Crippen LogP contribution in [0.3, 0.4) is 0 Å². The van der Waals surface area contributed by atoms with E-state index in [4.69, 9.17) is 5.73 Å². The summed E-state index contributed by atoms with van der Waals surface area (Å²) in [6.07, 6.45) is 5.03. The van der Waals surface area contributed by atoms with Gasteiger partial charge in [0.05, 0.1) is 4.90 Å². The van der Waals surface area contributed by atoms with Crippen molar-refractivity contribution in [2.75, 3.05) is 6.54 Å². The minimum absolute atomic E-state index is 0.238. The van der Waals surface area contributed by atoms with E-state index in [1.807, 2.05) is 26.8 Å². The molecule has 2 unspecified atom stereocenters. The molecule has 0 amide bonds. The van der Waals surface area contributed by atoms with Gasteiger partial charge < -0.3 is 5.73 Å². The number of rotatable bonds is 7. The van der Waals surface area contributed by atoms with Gasteiger partial charge in [0.15, 0.2) is 0 Å². The predicted octanol–water partition coefficient (Wildman–Crippen LogP) is 2.76. The van der Waals surface area contributed by atoms with Crippen LogP contribution in [0.2, 0.25) is 0 Å². The second-order valence-electron chi connectivity index (χ2n) is 5.92. The highest BCUT2D eigenvalue weighted by Gasteiger charge is 2.31. The van der Waals surface area contributed by atoms with E-state index in [9.17, 15) is 8.42 Å². The molecule has 0 aliphatic heterocycles. The third-order valence-electron chi connectivity index (χ3n) is 4.17. The molecule has 0 saturated carbocycles. The van der Waals surface area contributed by atoms with Crippen LogP contribution in [-0.2, 0) is 10.0 Å². The van der Waals surface area contributed by atoms with Gasteiger partial charge in [-0.3, -0.25) is 4.98 Å². The summed E-state index contributed by atoms with van der Waals surface area (Å²) >= 11 is 0. The Kier molecular flexibility index (Phi) is 5.73. The smallest absolute Gasteiger partial charge is 0.243 e. The van der Waals surface area contributed by atoms with Crippen LogP contribution < -0.4 is 5.73 Å². The van der Waals surface area contributed by atoms with Gasteiger partial charge >= 0.3 is 0 Å². The van der Waals surface area contributed by atoms with Crippen molar-refractivity contribution in [2.24, 2.45) is 5.73 Å². The van der Waals surface area contributed by atoms with E-state index in [-0.39, 0.29) is 12.1 Å². The maximum atomic E-state index is 13.2. The standard InChI is InChI=1S/C17H25N3O2S/c1-4-5-11-20(14(3)13(2)18)23(21,22)17-8-6-7-15-12-19-10-9-16(15)17/h6-10,12-14H,4-5,11,18H2,1-3H3. The molecule has 0 bridgehead atoms. The van der Waals surface area contributed by atoms with Gasteiger partial charge in [0.25, 0.3) is 0 Å². The quantitative estimate of drug-likeness (QED) is 0.844. The highest BCUT2D eigenvalue weighted by molar-refractivity contribution is 7.89. The van der Waals surface area contributed by atoms with Gasteiger partial charge in [-0.1, -0.05) is 25.5 Å². The predicted molar refractivity (Wildman–Crippen MR) is 93.7 cm³/mol. The van der Waals surface area contributed by atoms with Gasteiger partial charge in [-0.15, -0.1) is 0 Å². The molecule has 0 saturated heterocycles. The van der Waals surface area contributed by atoms with Gasteiger partial charge in [-0.05, 0) is 32.4 Å². The Morgan fingerprint density at radius 2 is 2.00 bits per heavy atom. The molecule has 2 atom stereocenters. The molecule has 0 fully saturated rings. The fraction of sp³-hybridized carbons (Fsp3) is 0.471. The van der Waals surface area contributed by atoms with E-state index in [0.29, 0.717) is 16.8 Å². The van der Waals surface area contributed by atoms with Gasteiger partial charge in [0, 0.05) is 41.8 Å². The zero-order chi connectivity index (χ0) is 17.0. The normalized spacial score (nSPS) is 15.0. The van der Waals surface area contributed by atoms with E-state index in [2.05, 4.69) is 4.98 Å². The number of fused-ring (bicyclic) bond motifs is 1. The van der Waals surface area contributed by atoms with Crippen molar-refractivity contribution in [3.05, 3.63) is 36.7 Å². The molecule has 23 heavy (non-hydrogen) atoms. The van der Waals surface area contributed by atoms with E-state index in [0.717, 1.165) is 18.2 Å². The maximum Gasteiger partial charge on any atom is 0.243 e. The molecule has 6 heteroatoms. The number of nitrogens with two attached hydrogens (primary N) is 1. The summed E-state index contributed by atoms with van der Waals surface area (Å²) in [6, 6.07) is 6.53. The lowest BCUT2D eigenvalue weighted by Gasteiger charge is -2.31. The first kappa shape index (κ1) is 17.8. The number of aromatic nitrogens is 1. The van der Waals surface area contributed by atoms with Crippen LogP contribution in [0.15, 0.2) is 41.6 Å². The number of nitrogens with zero attached hydrogens (tertiary/aromatic N) is 2. The fourth-order valence-electron chi connectivity index (χ4n) is 2.56. The third-order valence-corrected chi connectivity index (χ3v) is 6.22. The van der Waals surface area contributed by atoms with Crippen molar-refractivity contribution in [1.82, 2.24) is 9.29 Å². The fourth-order valence-corrected chi connectivity index (χ4v) is 4.53. The van der Waals surface area contributed by atoms with E-state index in [1.165, 1.54) is 4.31 Å². The molecule has 5 nitrogen and oxygen atoms in total. The Morgan fingerprint density at radius 3 is 2.65 bits per heavy atom. The second-order valence-corrected chi connectivity index (χ2v) is 7.78. The van der Waals surface area contributed by atoms with Crippen LogP contribution in [0.1, 0.15) is 33.6 Å². The molecule has 1 aromatic heterocycles. The Balaban J connectivity index is 2.55. The molecule has 0 aliphatic rings. The molecule has 2 rings (SSSR count). The molecule has 1 aromatic carbocycles. The SMILES string of the molecule is CCCCN(C(C)C(C)N)S(=O)(=O)c1cccc2cnccc12. The largest absolute Gasteiger partial charge is 0.327 e. The summed E-state index contributed by atoms with van der Waals surface area (Å²) in [5, 5.41) is 1.51. The zero-order valence-electron chi connectivity index (χ0n) is 13.9. The van der Waals surface area contributed by atoms with Crippen molar-refractivity contribution in [1.29, 1.82) is 0 Å². The van der Waals surface area contributed by atoms with E-state index >= 15 is 0 Å². The van der Waals surface area contributed by atoms with Crippen LogP contribution >= 0.6 is 0 Å². The monoisotopic (exact) mass is 335 g/mol. The summed E-state index contributed by atoms with van der Waals surface area (Å²) in [5.41, 5.74) is 5.98. The van der Waals surface area contributed by atoms with Crippen molar-refractivity contribution in [3.63, 3.8) is 0 Å². The van der Waals surface area contributed by atoms with E-state index < -0.39 is 10.0 Å². The molecule has 1 heterocycles. The summed E-state index contributed by atoms with van der Waals surface area (Å²) in [4.78, 5) is 4.39. The van der Waals surface area contributed by atoms with Crippen LogP contribution in [-0.4, -0.2) is 36.3 Å². The summed E-state index contributed by atoms with van der Waals surface area (Å²) in [6.45, 7) is 6.23. The first-order valence-electron chi connectivity index (χ1n) is 7.99. The Labute approximate surface area is 138 Å². The van der Waals surface area contributed by atoms with Gasteiger partial charge in [-0.25, -0.2) is 8.42 Å². The van der Waals surface area contributed by atoms with Crippen molar-refractivity contribution in [2.45, 2.75) is 50.6 Å².